The maximum absolute atomic E-state index is 6.82. The molecule has 11 rings (SSSR count). The fraction of sp³-hybridized carbons (Fsp3) is 0.914. The SMILES string of the molecule is CCC1(COc2nc(OCC3(CC)COC4(CC(C)(C)NC(C)(C)C4)OC3)nc(N3CCN(c4nc(OCC5(CC)COC6(CC(C)(C)NC(C)(C)C6)OC5)nc(OCC5(CC)COC6(CC(C)(C)NC(C)(C)C6)OC5)n4)CC3)n2)COC2(CC(C)(C)NC(C)(C)C2)OC1. The molecule has 9 aliphatic rings. The third-order valence-corrected chi connectivity index (χ3v) is 21.6. The van der Waals surface area contributed by atoms with E-state index in [0.717, 1.165) is 77.0 Å². The molecule has 0 radical (unpaired) electrons. The molecule has 0 aliphatic carbocycles. The highest BCUT2D eigenvalue weighted by molar-refractivity contribution is 5.40. The van der Waals surface area contributed by atoms with Crippen molar-refractivity contribution in [2.45, 2.75) is 283 Å². The normalized spacial score (nSPS) is 28.9. The molecule has 9 fully saturated rings. The van der Waals surface area contributed by atoms with E-state index in [1.807, 2.05) is 0 Å². The van der Waals surface area contributed by atoms with Gasteiger partial charge in [0.1, 0.15) is 26.4 Å². The first-order valence-corrected chi connectivity index (χ1v) is 35.5. The fourth-order valence-corrected chi connectivity index (χ4v) is 17.8. The van der Waals surface area contributed by atoms with Crippen LogP contribution in [0, 0.1) is 21.7 Å². The van der Waals surface area contributed by atoms with Gasteiger partial charge >= 0.3 is 24.0 Å². The summed E-state index contributed by atoms with van der Waals surface area (Å²) in [4.78, 5) is 34.1. The summed E-state index contributed by atoms with van der Waals surface area (Å²) in [5, 5.41) is 15.1. The van der Waals surface area contributed by atoms with Gasteiger partial charge in [-0.1, -0.05) is 27.7 Å². The first kappa shape index (κ1) is 71.6. The molecule has 2 aromatic rings. The Morgan fingerprint density at radius 1 is 0.287 bits per heavy atom. The summed E-state index contributed by atoms with van der Waals surface area (Å²) in [6.45, 7) is 50.9. The molecule has 24 heteroatoms. The second-order valence-corrected chi connectivity index (χ2v) is 35.9. The van der Waals surface area contributed by atoms with Gasteiger partial charge < -0.3 is 87.9 Å². The topological polar surface area (TPSA) is 243 Å². The average molecular weight is 1320 g/mol. The molecule has 9 saturated heterocycles. The largest absolute Gasteiger partial charge is 0.462 e. The van der Waals surface area contributed by atoms with Crippen LogP contribution in [-0.4, -0.2) is 203 Å². The van der Waals surface area contributed by atoms with Crippen LogP contribution in [0.3, 0.4) is 0 Å². The van der Waals surface area contributed by atoms with E-state index in [4.69, 9.17) is 86.7 Å². The summed E-state index contributed by atoms with van der Waals surface area (Å²) < 4.78 is 81.4. The van der Waals surface area contributed by atoms with Crippen molar-refractivity contribution in [3.05, 3.63) is 0 Å². The van der Waals surface area contributed by atoms with Gasteiger partial charge in [0.05, 0.1) is 74.5 Å². The van der Waals surface area contributed by atoms with Crippen molar-refractivity contribution in [1.82, 2.24) is 51.2 Å². The predicted molar refractivity (Wildman–Crippen MR) is 358 cm³/mol. The summed E-state index contributed by atoms with van der Waals surface area (Å²) >= 11 is 0. The number of piperidine rings is 4. The molecular weight excluding hydrogens is 1200 g/mol. The van der Waals surface area contributed by atoms with Gasteiger partial charge in [0.25, 0.3) is 0 Å². The molecule has 2 aromatic heterocycles. The summed E-state index contributed by atoms with van der Waals surface area (Å²) in [6, 6.07) is 0.648. The molecule has 11 heterocycles. The van der Waals surface area contributed by atoms with Crippen LogP contribution < -0.4 is 50.0 Å². The summed E-state index contributed by atoms with van der Waals surface area (Å²) in [5.41, 5.74) is -3.12. The number of nitrogens with zero attached hydrogens (tertiary/aromatic N) is 8. The van der Waals surface area contributed by atoms with E-state index in [1.54, 1.807) is 0 Å². The monoisotopic (exact) mass is 1320 g/mol. The van der Waals surface area contributed by atoms with Crippen LogP contribution in [0.4, 0.5) is 11.9 Å². The van der Waals surface area contributed by atoms with E-state index in [2.05, 4.69) is 170 Å². The Labute approximate surface area is 561 Å². The van der Waals surface area contributed by atoms with Gasteiger partial charge in [-0.25, -0.2) is 0 Å². The van der Waals surface area contributed by atoms with Crippen molar-refractivity contribution >= 4 is 11.9 Å². The highest BCUT2D eigenvalue weighted by Gasteiger charge is 2.58. The van der Waals surface area contributed by atoms with Crippen LogP contribution in [0.15, 0.2) is 0 Å². The van der Waals surface area contributed by atoms with Gasteiger partial charge in [-0.2, -0.15) is 19.9 Å². The lowest BCUT2D eigenvalue weighted by Gasteiger charge is -2.55. The first-order valence-electron chi connectivity index (χ1n) is 35.5. The molecule has 532 valence electrons. The third kappa shape index (κ3) is 16.5. The highest BCUT2D eigenvalue weighted by Crippen LogP contribution is 2.50. The highest BCUT2D eigenvalue weighted by atomic mass is 16.7. The summed E-state index contributed by atoms with van der Waals surface area (Å²) in [6.07, 6.45) is 8.92. The van der Waals surface area contributed by atoms with Gasteiger partial charge in [0, 0.05) is 122 Å². The molecule has 4 spiro atoms. The number of hydrogen-bond donors (Lipinski definition) is 4. The second-order valence-electron chi connectivity index (χ2n) is 35.9. The Morgan fingerprint density at radius 2 is 0.457 bits per heavy atom. The number of piperazine rings is 1. The maximum Gasteiger partial charge on any atom is 0.324 e. The van der Waals surface area contributed by atoms with Crippen molar-refractivity contribution in [1.29, 1.82) is 0 Å². The van der Waals surface area contributed by atoms with Crippen molar-refractivity contribution in [2.24, 2.45) is 21.7 Å². The van der Waals surface area contributed by atoms with E-state index < -0.39 is 44.8 Å². The van der Waals surface area contributed by atoms with Crippen LogP contribution in [-0.2, 0) is 37.9 Å². The molecule has 94 heavy (non-hydrogen) atoms. The smallest absolute Gasteiger partial charge is 0.324 e. The Bertz CT molecular complexity index is 2510. The zero-order chi connectivity index (χ0) is 68.0. The average Bonchev–Trinajstić information content (AvgIpc) is 0.773. The third-order valence-electron chi connectivity index (χ3n) is 21.6. The van der Waals surface area contributed by atoms with Crippen molar-refractivity contribution in [3.63, 3.8) is 0 Å². The van der Waals surface area contributed by atoms with E-state index in [9.17, 15) is 0 Å². The molecule has 9 aliphatic heterocycles. The van der Waals surface area contributed by atoms with E-state index >= 15 is 0 Å². The first-order chi connectivity index (χ1) is 43.6. The zero-order valence-electron chi connectivity index (χ0n) is 61.3. The van der Waals surface area contributed by atoms with Gasteiger partial charge in [-0.15, -0.1) is 9.97 Å². The fourth-order valence-electron chi connectivity index (χ4n) is 17.8. The minimum absolute atomic E-state index is 0.162. The Kier molecular flexibility index (Phi) is 19.2. The number of ether oxygens (including phenoxy) is 12. The van der Waals surface area contributed by atoms with Crippen molar-refractivity contribution < 1.29 is 56.8 Å². The molecule has 0 amide bonds. The quantitative estimate of drug-likeness (QED) is 0.109. The van der Waals surface area contributed by atoms with Gasteiger partial charge in [-0.05, 0) is 136 Å². The number of aromatic nitrogens is 6. The number of anilines is 2. The zero-order valence-corrected chi connectivity index (χ0v) is 61.3. The Hall–Kier alpha value is -3.66. The molecule has 4 N–H and O–H groups in total. The van der Waals surface area contributed by atoms with Crippen LogP contribution in [0.2, 0.25) is 0 Å². The van der Waals surface area contributed by atoms with Gasteiger partial charge in [-0.3, -0.25) is 0 Å². The predicted octanol–water partition coefficient (Wildman–Crippen LogP) is 9.22. The van der Waals surface area contributed by atoms with Crippen LogP contribution in [0.5, 0.6) is 24.0 Å². The molecule has 0 unspecified atom stereocenters. The number of rotatable bonds is 18. The number of hydrogen-bond acceptors (Lipinski definition) is 24. The van der Waals surface area contributed by atoms with Crippen LogP contribution in [0.1, 0.15) is 216 Å². The minimum atomic E-state index is -0.693. The maximum atomic E-state index is 6.82. The summed E-state index contributed by atoms with van der Waals surface area (Å²) in [7, 11) is 0. The van der Waals surface area contributed by atoms with E-state index in [0.29, 0.717) is 90.9 Å². The number of nitrogens with one attached hydrogen (secondary N) is 4. The van der Waals surface area contributed by atoms with Crippen LogP contribution >= 0.6 is 0 Å². The van der Waals surface area contributed by atoms with E-state index in [-0.39, 0.29) is 94.8 Å². The van der Waals surface area contributed by atoms with Crippen LogP contribution in [0.25, 0.3) is 0 Å². The lowest BCUT2D eigenvalue weighted by Crippen LogP contribution is -2.67. The Morgan fingerprint density at radius 3 is 0.617 bits per heavy atom. The van der Waals surface area contributed by atoms with Crippen molar-refractivity contribution in [3.8, 4) is 24.0 Å². The lowest BCUT2D eigenvalue weighted by molar-refractivity contribution is -0.332. The minimum Gasteiger partial charge on any atom is -0.462 e. The molecule has 0 saturated carbocycles. The van der Waals surface area contributed by atoms with Gasteiger partial charge in [0.15, 0.2) is 23.1 Å². The molecule has 0 aromatic carbocycles. The molecular formula is C70H120N12O12. The molecule has 24 nitrogen and oxygen atoms in total. The van der Waals surface area contributed by atoms with E-state index in [1.165, 1.54) is 0 Å². The molecule has 0 atom stereocenters. The Balaban J connectivity index is 0.821. The molecule has 0 bridgehead atoms. The van der Waals surface area contributed by atoms with Gasteiger partial charge in [0.2, 0.25) is 11.9 Å². The lowest BCUT2D eigenvalue weighted by atomic mass is 9.77. The van der Waals surface area contributed by atoms with Crippen molar-refractivity contribution in [2.75, 3.05) is 115 Å². The standard InChI is InChI=1S/C70H120N12O12/c1-21-63(41-87-67(88-42-63)29-55(5,6)77-56(7,8)30-67)37-83-51-71-49(72-52(75-51)84-38-64(22-2)43-89-68(90-44-64)31-57(9,10)78-58(11,12)32-68)81-25-27-82(28-26-81)50-73-53(85-39-65(23-3)45-91-69(92-46-65)33-59(13,14)79-60(15,16)34-69)76-54(74-50)86-40-66(24-4)47-93-70(94-48-66)35-61(17,18)80-62(19,20)36-70/h77-80H,21-48H2,1-20H3. The summed E-state index contributed by atoms with van der Waals surface area (Å²) in [5.74, 6) is -1.90. The second kappa shape index (κ2) is 25.2.